The Kier molecular flexibility index (Phi) is 4.64. The van der Waals surface area contributed by atoms with Crippen LogP contribution in [0.1, 0.15) is 53.9 Å². The highest BCUT2D eigenvalue weighted by Crippen LogP contribution is 2.64. The minimum absolute atomic E-state index is 0.0377. The number of fused-ring (bicyclic) bond motifs is 2. The zero-order chi connectivity index (χ0) is 21.1. The molecular weight excluding hydrogens is 376 g/mol. The molecule has 2 aliphatic carbocycles. The number of hydrogen-bond acceptors (Lipinski definition) is 7. The van der Waals surface area contributed by atoms with Crippen LogP contribution in [-0.4, -0.2) is 42.5 Å². The van der Waals surface area contributed by atoms with E-state index in [-0.39, 0.29) is 11.9 Å². The number of hydrogen-bond donors (Lipinski definition) is 0. The highest BCUT2D eigenvalue weighted by molar-refractivity contribution is 5.93. The van der Waals surface area contributed by atoms with Crippen LogP contribution >= 0.6 is 0 Å². The van der Waals surface area contributed by atoms with Crippen LogP contribution in [-0.2, 0) is 33.3 Å². The Hall–Kier alpha value is -2.15. The predicted octanol–water partition coefficient (Wildman–Crippen LogP) is 2.83. The van der Waals surface area contributed by atoms with Gasteiger partial charge in [0.15, 0.2) is 0 Å². The van der Waals surface area contributed by atoms with Crippen LogP contribution in [0, 0.1) is 17.3 Å². The Morgan fingerprint density at radius 3 is 2.69 bits per heavy atom. The predicted molar refractivity (Wildman–Crippen MR) is 101 cm³/mol. The molecule has 0 aromatic heterocycles. The van der Waals surface area contributed by atoms with Gasteiger partial charge in [-0.15, -0.1) is 0 Å². The van der Waals surface area contributed by atoms with Crippen LogP contribution in [0.25, 0.3) is 0 Å². The molecule has 4 aliphatic rings. The maximum absolute atomic E-state index is 13.0. The van der Waals surface area contributed by atoms with Crippen LogP contribution in [0.3, 0.4) is 0 Å². The molecule has 2 saturated carbocycles. The molecule has 4 rings (SSSR count). The highest BCUT2D eigenvalue weighted by atomic mass is 16.7. The summed E-state index contributed by atoms with van der Waals surface area (Å²) >= 11 is 0. The Morgan fingerprint density at radius 1 is 1.31 bits per heavy atom. The summed E-state index contributed by atoms with van der Waals surface area (Å²) in [5, 5.41) is 0. The zero-order valence-corrected chi connectivity index (χ0v) is 17.6. The van der Waals surface area contributed by atoms with E-state index in [9.17, 15) is 14.4 Å². The average molecular weight is 404 g/mol. The third-order valence-corrected chi connectivity index (χ3v) is 7.32. The van der Waals surface area contributed by atoms with Crippen LogP contribution in [0.4, 0.5) is 0 Å². The van der Waals surface area contributed by atoms with Crippen LogP contribution in [0.2, 0.25) is 0 Å². The first-order valence-electron chi connectivity index (χ1n) is 10.3. The fourth-order valence-corrected chi connectivity index (χ4v) is 5.71. The van der Waals surface area contributed by atoms with Gasteiger partial charge in [0.1, 0.15) is 18.1 Å². The first-order chi connectivity index (χ1) is 13.7. The summed E-state index contributed by atoms with van der Waals surface area (Å²) in [5.74, 6) is -2.92. The van der Waals surface area contributed by atoms with Crippen molar-refractivity contribution in [2.75, 3.05) is 6.61 Å². The molecule has 0 amide bonds. The minimum Gasteiger partial charge on any atom is -0.458 e. The van der Waals surface area contributed by atoms with Gasteiger partial charge in [-0.25, -0.2) is 9.59 Å². The second-order valence-electron chi connectivity index (χ2n) is 8.67. The Morgan fingerprint density at radius 2 is 2.03 bits per heavy atom. The van der Waals surface area contributed by atoms with Gasteiger partial charge in [-0.1, -0.05) is 13.0 Å². The summed E-state index contributed by atoms with van der Waals surface area (Å²) in [6.45, 7) is 9.40. The molecule has 0 aromatic rings. The molecule has 6 atom stereocenters. The first kappa shape index (κ1) is 20.1. The van der Waals surface area contributed by atoms with Gasteiger partial charge in [-0.2, -0.15) is 0 Å². The number of esters is 3. The molecule has 29 heavy (non-hydrogen) atoms. The Balaban J connectivity index is 1.74. The monoisotopic (exact) mass is 404 g/mol. The molecule has 0 bridgehead atoms. The molecule has 0 radical (unpaired) electrons. The lowest BCUT2D eigenvalue weighted by Crippen LogP contribution is -2.59. The summed E-state index contributed by atoms with van der Waals surface area (Å²) < 4.78 is 23.3. The second kappa shape index (κ2) is 6.69. The van der Waals surface area contributed by atoms with Crippen LogP contribution in [0.5, 0.6) is 0 Å². The van der Waals surface area contributed by atoms with Crippen molar-refractivity contribution in [1.82, 2.24) is 0 Å². The van der Waals surface area contributed by atoms with Gasteiger partial charge in [-0.05, 0) is 46.5 Å². The fraction of sp³-hybridized carbons (Fsp3) is 0.682. The summed E-state index contributed by atoms with van der Waals surface area (Å²) in [6, 6.07) is 0. The smallest absolute Gasteiger partial charge is 0.336 e. The topological polar surface area (TPSA) is 88.1 Å². The van der Waals surface area contributed by atoms with E-state index in [0.29, 0.717) is 36.2 Å². The normalized spacial score (nSPS) is 40.9. The molecule has 158 valence electrons. The van der Waals surface area contributed by atoms with Gasteiger partial charge in [0.2, 0.25) is 5.79 Å². The molecule has 0 N–H and O–H groups in total. The van der Waals surface area contributed by atoms with Crippen molar-refractivity contribution in [3.63, 3.8) is 0 Å². The van der Waals surface area contributed by atoms with Crippen molar-refractivity contribution in [2.45, 2.75) is 71.9 Å². The molecule has 0 aromatic carbocycles. The van der Waals surface area contributed by atoms with Crippen molar-refractivity contribution in [3.8, 4) is 0 Å². The number of carbonyl (C=O) groups excluding carboxylic acids is 3. The van der Waals surface area contributed by atoms with Crippen molar-refractivity contribution < 1.29 is 33.3 Å². The first-order valence-corrected chi connectivity index (χ1v) is 10.3. The van der Waals surface area contributed by atoms with Crippen LogP contribution < -0.4 is 0 Å². The Labute approximate surface area is 170 Å². The van der Waals surface area contributed by atoms with Crippen molar-refractivity contribution >= 4 is 17.9 Å². The average Bonchev–Trinajstić information content (AvgIpc) is 3.07. The molecule has 6 unspecified atom stereocenters. The molecule has 1 saturated heterocycles. The lowest BCUT2D eigenvalue weighted by molar-refractivity contribution is -0.236. The third-order valence-electron chi connectivity index (χ3n) is 7.32. The number of ether oxygens (including phenoxy) is 4. The fourth-order valence-electron chi connectivity index (χ4n) is 5.71. The van der Waals surface area contributed by atoms with E-state index in [1.807, 2.05) is 13.8 Å². The Bertz CT molecular complexity index is 840. The minimum atomic E-state index is -1.16. The van der Waals surface area contributed by atoms with Gasteiger partial charge in [-0.3, -0.25) is 4.79 Å². The second-order valence-corrected chi connectivity index (χ2v) is 8.67. The standard InChI is InChI=1S/C22H28O7/c1-6-11(3)18(23)27-14-9-8-13-10-22(26-7-2)15(12(4)19(24)29-22)17-21(13,5)16(14)20(25)28-17/h6,13-14,16-17H,7-10H2,1-5H3. The van der Waals surface area contributed by atoms with E-state index in [1.165, 1.54) is 0 Å². The van der Waals surface area contributed by atoms with E-state index in [1.54, 1.807) is 26.8 Å². The van der Waals surface area contributed by atoms with Crippen molar-refractivity contribution in [1.29, 1.82) is 0 Å². The SMILES string of the molecule is CC=C(C)C(=O)OC1CCC2CC3(OCC)OC(=O)C(C)=C3C3OC(=O)C1C23C. The molecule has 2 aliphatic heterocycles. The van der Waals surface area contributed by atoms with E-state index >= 15 is 0 Å². The molecule has 2 heterocycles. The summed E-state index contributed by atoms with van der Waals surface area (Å²) in [5.41, 5.74) is 0.985. The quantitative estimate of drug-likeness (QED) is 0.404. The number of allylic oxidation sites excluding steroid dienone is 1. The third kappa shape index (κ3) is 2.62. The molecule has 7 nitrogen and oxygen atoms in total. The van der Waals surface area contributed by atoms with Gasteiger partial charge >= 0.3 is 17.9 Å². The van der Waals surface area contributed by atoms with E-state index in [0.717, 1.165) is 6.42 Å². The van der Waals surface area contributed by atoms with E-state index in [2.05, 4.69) is 0 Å². The summed E-state index contributed by atoms with van der Waals surface area (Å²) in [6.07, 6.45) is 2.29. The van der Waals surface area contributed by atoms with Crippen molar-refractivity contribution in [2.24, 2.45) is 17.3 Å². The van der Waals surface area contributed by atoms with Gasteiger partial charge < -0.3 is 18.9 Å². The summed E-state index contributed by atoms with van der Waals surface area (Å²) in [7, 11) is 0. The molecular formula is C22H28O7. The van der Waals surface area contributed by atoms with Gasteiger partial charge in [0, 0.05) is 29.6 Å². The molecule has 0 spiro atoms. The molecule has 3 fully saturated rings. The van der Waals surface area contributed by atoms with Gasteiger partial charge in [0.05, 0.1) is 5.57 Å². The van der Waals surface area contributed by atoms with E-state index in [4.69, 9.17) is 18.9 Å². The molecule has 7 heteroatoms. The zero-order valence-electron chi connectivity index (χ0n) is 17.6. The maximum atomic E-state index is 13.0. The lowest BCUT2D eigenvalue weighted by atomic mass is 9.52. The highest BCUT2D eigenvalue weighted by Gasteiger charge is 2.72. The maximum Gasteiger partial charge on any atom is 0.336 e. The largest absolute Gasteiger partial charge is 0.458 e. The summed E-state index contributed by atoms with van der Waals surface area (Å²) in [4.78, 5) is 37.8. The van der Waals surface area contributed by atoms with E-state index < -0.39 is 41.3 Å². The van der Waals surface area contributed by atoms with Crippen molar-refractivity contribution in [3.05, 3.63) is 22.8 Å². The van der Waals surface area contributed by atoms with Crippen LogP contribution in [0.15, 0.2) is 22.8 Å². The number of carbonyl (C=O) groups is 3. The lowest BCUT2D eigenvalue weighted by Gasteiger charge is -2.53. The number of rotatable bonds is 4. The van der Waals surface area contributed by atoms with Gasteiger partial charge in [0.25, 0.3) is 0 Å².